The number of nitro benzene ring substituents is 1. The van der Waals surface area contributed by atoms with E-state index in [4.69, 9.17) is 5.11 Å². The third kappa shape index (κ3) is 3.67. The van der Waals surface area contributed by atoms with Crippen LogP contribution in [-0.2, 0) is 12.8 Å². The maximum Gasteiger partial charge on any atom is 0.335 e. The number of non-ortho nitro benzene ring substituents is 1. The minimum atomic E-state index is -1.03. The number of hydrogen-bond donors (Lipinski definition) is 2. The molecule has 2 rings (SSSR count). The summed E-state index contributed by atoms with van der Waals surface area (Å²) >= 11 is 0. The zero-order valence-corrected chi connectivity index (χ0v) is 11.7. The average Bonchev–Trinajstić information content (AvgIpc) is 2.49. The van der Waals surface area contributed by atoms with Gasteiger partial charge in [-0.3, -0.25) is 10.1 Å². The Morgan fingerprint density at radius 3 is 2.27 bits per heavy atom. The Kier molecular flexibility index (Phi) is 4.85. The zero-order chi connectivity index (χ0) is 16.1. The van der Waals surface area contributed by atoms with Crippen LogP contribution in [0.15, 0.2) is 42.5 Å². The maximum absolute atomic E-state index is 11.3. The van der Waals surface area contributed by atoms with E-state index in [9.17, 15) is 20.0 Å². The summed E-state index contributed by atoms with van der Waals surface area (Å²) < 4.78 is 0. The highest BCUT2D eigenvalue weighted by Crippen LogP contribution is 2.18. The van der Waals surface area contributed by atoms with E-state index in [1.54, 1.807) is 30.3 Å². The molecule has 0 spiro atoms. The Hall–Kier alpha value is -2.73. The summed E-state index contributed by atoms with van der Waals surface area (Å²) in [7, 11) is 0. The summed E-state index contributed by atoms with van der Waals surface area (Å²) in [5, 5.41) is 28.8. The van der Waals surface area contributed by atoms with E-state index in [-0.39, 0.29) is 17.9 Å². The molecule has 0 saturated carbocycles. The second kappa shape index (κ2) is 6.82. The van der Waals surface area contributed by atoms with Crippen LogP contribution in [0.5, 0.6) is 0 Å². The van der Waals surface area contributed by atoms with Crippen molar-refractivity contribution >= 4 is 11.7 Å². The first kappa shape index (κ1) is 15.7. The van der Waals surface area contributed by atoms with Crippen LogP contribution < -0.4 is 0 Å². The van der Waals surface area contributed by atoms with Crippen LogP contribution in [0.2, 0.25) is 0 Å². The van der Waals surface area contributed by atoms with Crippen molar-refractivity contribution < 1.29 is 19.9 Å². The van der Waals surface area contributed by atoms with Crippen molar-refractivity contribution in [3.05, 3.63) is 74.8 Å². The van der Waals surface area contributed by atoms with Crippen LogP contribution in [-0.4, -0.2) is 27.7 Å². The lowest BCUT2D eigenvalue weighted by molar-refractivity contribution is -0.384. The Labute approximate surface area is 126 Å². The molecule has 0 aliphatic rings. The number of nitro groups is 1. The van der Waals surface area contributed by atoms with Gasteiger partial charge in [0.2, 0.25) is 0 Å². The van der Waals surface area contributed by atoms with E-state index in [0.717, 1.165) is 11.1 Å². The number of benzene rings is 2. The predicted octanol–water partition coefficient (Wildman–Crippen LogP) is 2.42. The molecule has 0 bridgehead atoms. The van der Waals surface area contributed by atoms with Crippen molar-refractivity contribution in [1.29, 1.82) is 0 Å². The van der Waals surface area contributed by atoms with Gasteiger partial charge in [-0.05, 0) is 35.6 Å². The summed E-state index contributed by atoms with van der Waals surface area (Å²) in [4.78, 5) is 21.4. The minimum absolute atomic E-state index is 0.0215. The first-order valence-corrected chi connectivity index (χ1v) is 6.70. The lowest BCUT2D eigenvalue weighted by Crippen LogP contribution is -2.05. The number of aromatic carboxylic acids is 1. The molecule has 6 heteroatoms. The molecule has 6 nitrogen and oxygen atoms in total. The number of carboxylic acid groups (broad SMARTS) is 1. The van der Waals surface area contributed by atoms with Crippen molar-refractivity contribution in [2.24, 2.45) is 0 Å². The van der Waals surface area contributed by atoms with E-state index in [2.05, 4.69) is 0 Å². The first-order valence-electron chi connectivity index (χ1n) is 6.70. The van der Waals surface area contributed by atoms with Crippen LogP contribution in [0, 0.1) is 10.1 Å². The monoisotopic (exact) mass is 301 g/mol. The van der Waals surface area contributed by atoms with Gasteiger partial charge in [-0.1, -0.05) is 24.3 Å². The van der Waals surface area contributed by atoms with E-state index >= 15 is 0 Å². The molecule has 0 radical (unpaired) electrons. The first-order chi connectivity index (χ1) is 10.5. The lowest BCUT2D eigenvalue weighted by Gasteiger charge is -2.08. The molecule has 22 heavy (non-hydrogen) atoms. The molecule has 0 fully saturated rings. The van der Waals surface area contributed by atoms with Crippen LogP contribution in [0.1, 0.15) is 27.0 Å². The summed E-state index contributed by atoms with van der Waals surface area (Å²) in [6.07, 6.45) is 0.775. The van der Waals surface area contributed by atoms with Crippen LogP contribution in [0.3, 0.4) is 0 Å². The SMILES string of the molecule is O=C(O)c1cc(Cc2ccc([N+](=O)[O-])cc2)ccc1CCO. The predicted molar refractivity (Wildman–Crippen MR) is 80.1 cm³/mol. The van der Waals surface area contributed by atoms with Gasteiger partial charge in [0.15, 0.2) is 0 Å². The molecule has 0 heterocycles. The van der Waals surface area contributed by atoms with E-state index < -0.39 is 10.9 Å². The second-order valence-corrected chi connectivity index (χ2v) is 4.87. The summed E-state index contributed by atoms with van der Waals surface area (Å²) in [5.74, 6) is -1.03. The molecular formula is C16H15NO5. The van der Waals surface area contributed by atoms with Gasteiger partial charge < -0.3 is 10.2 Å². The lowest BCUT2D eigenvalue weighted by atomic mass is 9.98. The highest BCUT2D eigenvalue weighted by molar-refractivity contribution is 5.89. The third-order valence-electron chi connectivity index (χ3n) is 3.34. The normalized spacial score (nSPS) is 10.4. The fourth-order valence-corrected chi connectivity index (χ4v) is 2.24. The molecule has 2 aromatic carbocycles. The highest BCUT2D eigenvalue weighted by Gasteiger charge is 2.11. The molecule has 0 amide bonds. The number of carboxylic acids is 1. The van der Waals surface area contributed by atoms with Crippen LogP contribution in [0.25, 0.3) is 0 Å². The van der Waals surface area contributed by atoms with Gasteiger partial charge >= 0.3 is 5.97 Å². The molecule has 0 atom stereocenters. The Balaban J connectivity index is 2.24. The number of carbonyl (C=O) groups is 1. The van der Waals surface area contributed by atoms with Crippen molar-refractivity contribution in [3.8, 4) is 0 Å². The van der Waals surface area contributed by atoms with Gasteiger partial charge in [-0.25, -0.2) is 4.79 Å². The van der Waals surface area contributed by atoms with E-state index in [0.29, 0.717) is 18.4 Å². The van der Waals surface area contributed by atoms with Crippen molar-refractivity contribution in [2.75, 3.05) is 6.61 Å². The maximum atomic E-state index is 11.3. The van der Waals surface area contributed by atoms with Gasteiger partial charge in [0.25, 0.3) is 5.69 Å². The molecule has 0 aliphatic heterocycles. The van der Waals surface area contributed by atoms with E-state index in [1.807, 2.05) is 0 Å². The quantitative estimate of drug-likeness (QED) is 0.630. The summed E-state index contributed by atoms with van der Waals surface area (Å²) in [6.45, 7) is -0.109. The highest BCUT2D eigenvalue weighted by atomic mass is 16.6. The van der Waals surface area contributed by atoms with E-state index in [1.165, 1.54) is 12.1 Å². The Morgan fingerprint density at radius 1 is 1.09 bits per heavy atom. The number of hydrogen-bond acceptors (Lipinski definition) is 4. The average molecular weight is 301 g/mol. The Morgan fingerprint density at radius 2 is 1.73 bits per heavy atom. The van der Waals surface area contributed by atoms with Crippen LogP contribution >= 0.6 is 0 Å². The number of aliphatic hydroxyl groups excluding tert-OH is 1. The standard InChI is InChI=1S/C16H15NO5/c18-8-7-13-4-1-12(10-15(13)16(19)20)9-11-2-5-14(6-3-11)17(21)22/h1-6,10,18H,7-9H2,(H,19,20). The topological polar surface area (TPSA) is 101 Å². The summed E-state index contributed by atoms with van der Waals surface area (Å²) in [5.41, 5.74) is 2.44. The van der Waals surface area contributed by atoms with Gasteiger partial charge in [-0.15, -0.1) is 0 Å². The van der Waals surface area contributed by atoms with Crippen LogP contribution in [0.4, 0.5) is 5.69 Å². The molecule has 0 aromatic heterocycles. The van der Waals surface area contributed by atoms with Crippen molar-refractivity contribution in [2.45, 2.75) is 12.8 Å². The summed E-state index contributed by atoms with van der Waals surface area (Å²) in [6, 6.07) is 11.2. The molecular weight excluding hydrogens is 286 g/mol. The van der Waals surface area contributed by atoms with Crippen molar-refractivity contribution in [1.82, 2.24) is 0 Å². The number of aliphatic hydroxyl groups is 1. The molecule has 0 saturated heterocycles. The third-order valence-corrected chi connectivity index (χ3v) is 3.34. The van der Waals surface area contributed by atoms with Gasteiger partial charge in [0.1, 0.15) is 0 Å². The number of rotatable bonds is 6. The smallest absolute Gasteiger partial charge is 0.335 e. The molecule has 2 N–H and O–H groups in total. The van der Waals surface area contributed by atoms with Gasteiger partial charge in [0.05, 0.1) is 10.5 Å². The largest absolute Gasteiger partial charge is 0.478 e. The molecule has 2 aromatic rings. The second-order valence-electron chi connectivity index (χ2n) is 4.87. The Bertz CT molecular complexity index is 694. The number of nitrogens with zero attached hydrogens (tertiary/aromatic N) is 1. The fourth-order valence-electron chi connectivity index (χ4n) is 2.24. The molecule has 0 unspecified atom stereocenters. The van der Waals surface area contributed by atoms with Gasteiger partial charge in [0, 0.05) is 18.7 Å². The molecule has 0 aliphatic carbocycles. The zero-order valence-electron chi connectivity index (χ0n) is 11.7. The van der Waals surface area contributed by atoms with Crippen molar-refractivity contribution in [3.63, 3.8) is 0 Å². The van der Waals surface area contributed by atoms with Gasteiger partial charge in [-0.2, -0.15) is 0 Å². The fraction of sp³-hybridized carbons (Fsp3) is 0.188. The minimum Gasteiger partial charge on any atom is -0.478 e. The molecule has 114 valence electrons.